The van der Waals surface area contributed by atoms with Crippen LogP contribution in [0.2, 0.25) is 0 Å². The van der Waals surface area contributed by atoms with Gasteiger partial charge >= 0.3 is 0 Å². The zero-order valence-corrected chi connectivity index (χ0v) is 11.2. The van der Waals surface area contributed by atoms with Crippen molar-refractivity contribution >= 4 is 11.5 Å². The maximum atomic E-state index is 8.84. The van der Waals surface area contributed by atoms with Crippen molar-refractivity contribution in [1.29, 1.82) is 0 Å². The van der Waals surface area contributed by atoms with E-state index in [1.165, 1.54) is 0 Å². The molecule has 0 spiro atoms. The van der Waals surface area contributed by atoms with E-state index in [0.717, 1.165) is 43.9 Å². The van der Waals surface area contributed by atoms with Crippen LogP contribution in [0.4, 0.5) is 5.69 Å². The third kappa shape index (κ3) is 3.38. The summed E-state index contributed by atoms with van der Waals surface area (Å²) in [5.74, 6) is 0.786. The Kier molecular flexibility index (Phi) is 4.63. The van der Waals surface area contributed by atoms with E-state index in [9.17, 15) is 0 Å². The zero-order valence-electron chi connectivity index (χ0n) is 11.2. The monoisotopic (exact) mass is 263 g/mol. The molecule has 1 heterocycles. The molecule has 1 aromatic rings. The molecule has 5 nitrogen and oxygen atoms in total. The summed E-state index contributed by atoms with van der Waals surface area (Å²) < 4.78 is 5.38. The fraction of sp³-hybridized carbons (Fsp3) is 0.500. The quantitative estimate of drug-likeness (QED) is 0.375. The molecule has 104 valence electrons. The fourth-order valence-corrected chi connectivity index (χ4v) is 2.49. The number of hydrogen-bond acceptors (Lipinski definition) is 4. The molecule has 19 heavy (non-hydrogen) atoms. The van der Waals surface area contributed by atoms with Crippen molar-refractivity contribution in [1.82, 2.24) is 0 Å². The Bertz CT molecular complexity index is 442. The number of nitrogens with zero attached hydrogens (tertiary/aromatic N) is 2. The van der Waals surface area contributed by atoms with Crippen LogP contribution >= 0.6 is 0 Å². The van der Waals surface area contributed by atoms with Crippen LogP contribution in [0.1, 0.15) is 18.4 Å². The number of benzene rings is 1. The summed E-state index contributed by atoms with van der Waals surface area (Å²) in [6.07, 6.45) is 2.19. The summed E-state index contributed by atoms with van der Waals surface area (Å²) in [7, 11) is 2.04. The molecular weight excluding hydrogens is 242 g/mol. The number of hydrogen-bond donors (Lipinski definition) is 2. The first kappa shape index (κ1) is 13.7. The molecule has 0 unspecified atom stereocenters. The van der Waals surface area contributed by atoms with Crippen molar-refractivity contribution < 1.29 is 9.94 Å². The first-order chi connectivity index (χ1) is 9.22. The van der Waals surface area contributed by atoms with E-state index in [0.29, 0.717) is 5.92 Å². The van der Waals surface area contributed by atoms with Gasteiger partial charge in [-0.2, -0.15) is 0 Å². The van der Waals surface area contributed by atoms with Crippen molar-refractivity contribution in [3.8, 4) is 0 Å². The van der Waals surface area contributed by atoms with Crippen LogP contribution < -0.4 is 10.6 Å². The summed E-state index contributed by atoms with van der Waals surface area (Å²) >= 11 is 0. The van der Waals surface area contributed by atoms with Crippen molar-refractivity contribution in [2.75, 3.05) is 31.7 Å². The summed E-state index contributed by atoms with van der Waals surface area (Å²) in [6.45, 7) is 2.65. The molecule has 1 fully saturated rings. The minimum Gasteiger partial charge on any atom is -0.409 e. The van der Waals surface area contributed by atoms with Crippen LogP contribution in [0, 0.1) is 5.92 Å². The number of oxime groups is 1. The molecule has 1 aromatic carbocycles. The number of ether oxygens (including phenoxy) is 1. The van der Waals surface area contributed by atoms with E-state index in [4.69, 9.17) is 15.7 Å². The minimum atomic E-state index is 0.148. The molecule has 0 saturated carbocycles. The van der Waals surface area contributed by atoms with Crippen LogP contribution in [-0.4, -0.2) is 37.8 Å². The summed E-state index contributed by atoms with van der Waals surface area (Å²) in [6, 6.07) is 7.71. The lowest BCUT2D eigenvalue weighted by atomic mass is 9.99. The Morgan fingerprint density at radius 2 is 2.11 bits per heavy atom. The number of anilines is 1. The van der Waals surface area contributed by atoms with Gasteiger partial charge in [0.15, 0.2) is 5.84 Å². The van der Waals surface area contributed by atoms with Gasteiger partial charge in [-0.1, -0.05) is 17.3 Å². The summed E-state index contributed by atoms with van der Waals surface area (Å²) in [5.41, 5.74) is 7.47. The van der Waals surface area contributed by atoms with Crippen LogP contribution in [0.25, 0.3) is 0 Å². The second kappa shape index (κ2) is 6.43. The lowest BCUT2D eigenvalue weighted by molar-refractivity contribution is 0.0685. The largest absolute Gasteiger partial charge is 0.409 e. The normalized spacial score (nSPS) is 17.4. The maximum absolute atomic E-state index is 8.84. The average Bonchev–Trinajstić information content (AvgIpc) is 2.47. The molecule has 0 aliphatic carbocycles. The van der Waals surface area contributed by atoms with E-state index in [2.05, 4.69) is 10.1 Å². The first-order valence-corrected chi connectivity index (χ1v) is 6.58. The van der Waals surface area contributed by atoms with E-state index in [1.54, 1.807) is 0 Å². The molecule has 5 heteroatoms. The Labute approximate surface area is 113 Å². The highest BCUT2D eigenvalue weighted by Gasteiger charge is 2.18. The van der Waals surface area contributed by atoms with Crippen molar-refractivity contribution in [2.24, 2.45) is 16.8 Å². The molecule has 1 saturated heterocycles. The SMILES string of the molecule is CN(CC1CCOCC1)c1ccccc1C(N)=NO. The number of amidine groups is 1. The van der Waals surface area contributed by atoms with Gasteiger partial charge in [0.25, 0.3) is 0 Å². The van der Waals surface area contributed by atoms with Crippen molar-refractivity contribution in [3.63, 3.8) is 0 Å². The van der Waals surface area contributed by atoms with Gasteiger partial charge in [0.2, 0.25) is 0 Å². The topological polar surface area (TPSA) is 71.1 Å². The first-order valence-electron chi connectivity index (χ1n) is 6.58. The second-order valence-corrected chi connectivity index (χ2v) is 4.94. The Morgan fingerprint density at radius 3 is 2.79 bits per heavy atom. The third-order valence-corrected chi connectivity index (χ3v) is 3.57. The van der Waals surface area contributed by atoms with E-state index in [1.807, 2.05) is 31.3 Å². The van der Waals surface area contributed by atoms with Gasteiger partial charge in [0.05, 0.1) is 0 Å². The van der Waals surface area contributed by atoms with Gasteiger partial charge in [0.1, 0.15) is 0 Å². The van der Waals surface area contributed by atoms with Gasteiger partial charge in [-0.05, 0) is 30.9 Å². The molecule has 0 atom stereocenters. The molecule has 0 radical (unpaired) electrons. The highest BCUT2D eigenvalue weighted by Crippen LogP contribution is 2.23. The summed E-state index contributed by atoms with van der Waals surface area (Å²) in [4.78, 5) is 2.17. The second-order valence-electron chi connectivity index (χ2n) is 4.94. The van der Waals surface area contributed by atoms with E-state index < -0.39 is 0 Å². The molecule has 3 N–H and O–H groups in total. The average molecular weight is 263 g/mol. The highest BCUT2D eigenvalue weighted by molar-refractivity contribution is 6.02. The molecule has 2 rings (SSSR count). The van der Waals surface area contributed by atoms with Gasteiger partial charge < -0.3 is 20.6 Å². The number of para-hydroxylation sites is 1. The fourth-order valence-electron chi connectivity index (χ4n) is 2.49. The van der Waals surface area contributed by atoms with E-state index in [-0.39, 0.29) is 5.84 Å². The molecule has 1 aliphatic heterocycles. The minimum absolute atomic E-state index is 0.148. The summed E-state index contributed by atoms with van der Waals surface area (Å²) in [5, 5.41) is 11.9. The Balaban J connectivity index is 2.11. The van der Waals surface area contributed by atoms with Crippen LogP contribution in [0.15, 0.2) is 29.4 Å². The molecule has 0 bridgehead atoms. The molecule has 1 aliphatic rings. The molecule has 0 amide bonds. The van der Waals surface area contributed by atoms with Crippen LogP contribution in [0.5, 0.6) is 0 Å². The lowest BCUT2D eigenvalue weighted by Crippen LogP contribution is -2.31. The van der Waals surface area contributed by atoms with Gasteiger partial charge in [0, 0.05) is 38.1 Å². The van der Waals surface area contributed by atoms with Crippen LogP contribution in [0.3, 0.4) is 0 Å². The van der Waals surface area contributed by atoms with Gasteiger partial charge in [-0.15, -0.1) is 0 Å². The lowest BCUT2D eigenvalue weighted by Gasteiger charge is -2.29. The Hall–Kier alpha value is -1.75. The van der Waals surface area contributed by atoms with Gasteiger partial charge in [-0.3, -0.25) is 0 Å². The predicted octanol–water partition coefficient (Wildman–Crippen LogP) is 1.64. The smallest absolute Gasteiger partial charge is 0.172 e. The van der Waals surface area contributed by atoms with E-state index >= 15 is 0 Å². The highest BCUT2D eigenvalue weighted by atomic mass is 16.5. The zero-order chi connectivity index (χ0) is 13.7. The van der Waals surface area contributed by atoms with Gasteiger partial charge in [-0.25, -0.2) is 0 Å². The maximum Gasteiger partial charge on any atom is 0.172 e. The Morgan fingerprint density at radius 1 is 1.42 bits per heavy atom. The third-order valence-electron chi connectivity index (χ3n) is 3.57. The van der Waals surface area contributed by atoms with Crippen molar-refractivity contribution in [3.05, 3.63) is 29.8 Å². The predicted molar refractivity (Wildman–Crippen MR) is 75.8 cm³/mol. The number of rotatable bonds is 4. The molecular formula is C14H21N3O2. The van der Waals surface area contributed by atoms with Crippen molar-refractivity contribution in [2.45, 2.75) is 12.8 Å². The number of nitrogens with two attached hydrogens (primary N) is 1. The molecule has 0 aromatic heterocycles. The van der Waals surface area contributed by atoms with Crippen LogP contribution in [-0.2, 0) is 4.74 Å². The standard InChI is InChI=1S/C14H21N3O2/c1-17(10-11-6-8-19-9-7-11)13-5-3-2-4-12(13)14(15)16-18/h2-5,11,18H,6-10H2,1H3,(H2,15,16).